The van der Waals surface area contributed by atoms with Crippen molar-refractivity contribution in [2.24, 2.45) is 0 Å². The quantitative estimate of drug-likeness (QED) is 0.516. The number of aromatic nitrogens is 1. The van der Waals surface area contributed by atoms with Crippen LogP contribution in [0.4, 0.5) is 26.3 Å². The molecule has 0 spiro atoms. The number of carbonyl (C=O) groups is 1. The summed E-state index contributed by atoms with van der Waals surface area (Å²) in [4.78, 5) is 15.4. The Morgan fingerprint density at radius 3 is 1.40 bits per heavy atom. The average Bonchev–Trinajstić information content (AvgIpc) is 2.66. The molecule has 1 N–H and O–H groups in total. The minimum Gasteiger partial charge on any atom is -0.481 e. The van der Waals surface area contributed by atoms with Crippen LogP contribution in [0.2, 0.25) is 0 Å². The molecule has 0 saturated heterocycles. The lowest BCUT2D eigenvalue weighted by Crippen LogP contribution is -2.05. The zero-order valence-electron chi connectivity index (χ0n) is 15.1. The van der Waals surface area contributed by atoms with Crippen molar-refractivity contribution in [2.45, 2.75) is 18.8 Å². The zero-order valence-corrected chi connectivity index (χ0v) is 15.1. The molecule has 0 aliphatic heterocycles. The summed E-state index contributed by atoms with van der Waals surface area (Å²) >= 11 is 0. The lowest BCUT2D eigenvalue weighted by molar-refractivity contribution is -0.138. The van der Waals surface area contributed by atoms with Gasteiger partial charge in [-0.2, -0.15) is 26.3 Å². The summed E-state index contributed by atoms with van der Waals surface area (Å²) < 4.78 is 76.6. The van der Waals surface area contributed by atoms with Crippen molar-refractivity contribution in [1.82, 2.24) is 4.98 Å². The summed E-state index contributed by atoms with van der Waals surface area (Å²) in [5.74, 6) is -1.14. The Balaban J connectivity index is 2.05. The maximum atomic E-state index is 12.8. The molecule has 3 aromatic rings. The van der Waals surface area contributed by atoms with Crippen LogP contribution in [-0.2, 0) is 23.6 Å². The normalized spacial score (nSPS) is 12.1. The van der Waals surface area contributed by atoms with Crippen molar-refractivity contribution in [3.8, 4) is 22.5 Å². The fourth-order valence-electron chi connectivity index (χ4n) is 2.82. The minimum atomic E-state index is -4.51. The van der Waals surface area contributed by atoms with E-state index >= 15 is 0 Å². The van der Waals surface area contributed by atoms with E-state index in [2.05, 4.69) is 4.98 Å². The topological polar surface area (TPSA) is 50.2 Å². The molecule has 0 radical (unpaired) electrons. The number of aliphatic carboxylic acids is 1. The van der Waals surface area contributed by atoms with E-state index in [0.29, 0.717) is 16.7 Å². The molecule has 0 bridgehead atoms. The number of rotatable bonds is 4. The highest BCUT2D eigenvalue weighted by Crippen LogP contribution is 2.33. The standard InChI is InChI=1S/C21H13F6NO2/c22-20(23,24)15-5-1-13(2-6-15)17-9-12(11-19(29)30)10-18(28-17)14-3-7-16(8-4-14)21(25,26)27/h1-10H,11H2,(H,29,30). The Kier molecular flexibility index (Phi) is 5.56. The van der Waals surface area contributed by atoms with Crippen molar-refractivity contribution in [3.05, 3.63) is 77.4 Å². The largest absolute Gasteiger partial charge is 0.481 e. The smallest absolute Gasteiger partial charge is 0.416 e. The number of hydrogen-bond acceptors (Lipinski definition) is 2. The number of nitrogens with zero attached hydrogens (tertiary/aromatic N) is 1. The molecular weight excluding hydrogens is 412 g/mol. The van der Waals surface area contributed by atoms with Gasteiger partial charge in [-0.05, 0) is 42.0 Å². The molecule has 3 rings (SSSR count). The summed E-state index contributed by atoms with van der Waals surface area (Å²) in [6.45, 7) is 0. The molecule has 0 aliphatic rings. The van der Waals surface area contributed by atoms with E-state index in [1.807, 2.05) is 0 Å². The summed E-state index contributed by atoms with van der Waals surface area (Å²) in [7, 11) is 0. The van der Waals surface area contributed by atoms with Crippen molar-refractivity contribution in [2.75, 3.05) is 0 Å². The Hall–Kier alpha value is -3.36. The fraction of sp³-hybridized carbons (Fsp3) is 0.143. The van der Waals surface area contributed by atoms with E-state index in [4.69, 9.17) is 5.11 Å². The van der Waals surface area contributed by atoms with E-state index in [0.717, 1.165) is 24.3 Å². The molecule has 0 fully saturated rings. The molecule has 30 heavy (non-hydrogen) atoms. The zero-order chi connectivity index (χ0) is 22.1. The van der Waals surface area contributed by atoms with Crippen LogP contribution in [0.3, 0.4) is 0 Å². The first-order valence-corrected chi connectivity index (χ1v) is 8.51. The van der Waals surface area contributed by atoms with Crippen molar-refractivity contribution in [1.29, 1.82) is 0 Å². The van der Waals surface area contributed by atoms with E-state index in [-0.39, 0.29) is 17.8 Å². The van der Waals surface area contributed by atoms with Crippen LogP contribution in [0.25, 0.3) is 22.5 Å². The number of benzene rings is 2. The maximum absolute atomic E-state index is 12.8. The number of carboxylic acid groups (broad SMARTS) is 1. The minimum absolute atomic E-state index is 0.206. The van der Waals surface area contributed by atoms with E-state index in [1.54, 1.807) is 0 Å². The molecule has 156 valence electrons. The van der Waals surface area contributed by atoms with E-state index in [9.17, 15) is 31.1 Å². The van der Waals surface area contributed by atoms with Gasteiger partial charge >= 0.3 is 18.3 Å². The lowest BCUT2D eigenvalue weighted by atomic mass is 10.0. The SMILES string of the molecule is O=C(O)Cc1cc(-c2ccc(C(F)(F)F)cc2)nc(-c2ccc(C(F)(F)F)cc2)c1. The first-order chi connectivity index (χ1) is 13.9. The Bertz CT molecular complexity index is 979. The molecule has 0 aliphatic carbocycles. The molecule has 3 nitrogen and oxygen atoms in total. The third kappa shape index (κ3) is 4.97. The van der Waals surface area contributed by atoms with Crippen molar-refractivity contribution < 1.29 is 36.2 Å². The van der Waals surface area contributed by atoms with Gasteiger partial charge in [0.2, 0.25) is 0 Å². The first kappa shape index (κ1) is 21.4. The second kappa shape index (κ2) is 7.81. The van der Waals surface area contributed by atoms with Gasteiger partial charge in [-0.15, -0.1) is 0 Å². The number of carboxylic acids is 1. The Morgan fingerprint density at radius 2 is 1.10 bits per heavy atom. The lowest BCUT2D eigenvalue weighted by Gasteiger charge is -2.11. The summed E-state index contributed by atoms with van der Waals surface area (Å²) in [6.07, 6.45) is -9.41. The number of halogens is 6. The molecule has 0 saturated carbocycles. The van der Waals surface area contributed by atoms with Gasteiger partial charge in [0, 0.05) is 11.1 Å². The highest BCUT2D eigenvalue weighted by atomic mass is 19.4. The number of alkyl halides is 6. The van der Waals surface area contributed by atoms with E-state index < -0.39 is 29.4 Å². The van der Waals surface area contributed by atoms with E-state index in [1.165, 1.54) is 36.4 Å². The van der Waals surface area contributed by atoms with Gasteiger partial charge in [0.25, 0.3) is 0 Å². The molecule has 0 amide bonds. The summed E-state index contributed by atoms with van der Waals surface area (Å²) in [6, 6.07) is 11.1. The predicted molar refractivity (Wildman–Crippen MR) is 96.5 cm³/mol. The molecular formula is C21H13F6NO2. The predicted octanol–water partition coefficient (Wildman–Crippen LogP) is 6.08. The Labute approximate surface area is 166 Å². The van der Waals surface area contributed by atoms with Crippen LogP contribution in [0, 0.1) is 0 Å². The van der Waals surface area contributed by atoms with Gasteiger partial charge in [0.05, 0.1) is 28.9 Å². The molecule has 0 atom stereocenters. The van der Waals surface area contributed by atoms with Gasteiger partial charge in [-0.25, -0.2) is 4.98 Å². The molecule has 2 aromatic carbocycles. The number of pyridine rings is 1. The van der Waals surface area contributed by atoms with Crippen LogP contribution in [0.1, 0.15) is 16.7 Å². The van der Waals surface area contributed by atoms with Gasteiger partial charge in [-0.1, -0.05) is 24.3 Å². The van der Waals surface area contributed by atoms with Crippen molar-refractivity contribution in [3.63, 3.8) is 0 Å². The van der Waals surface area contributed by atoms with Crippen LogP contribution < -0.4 is 0 Å². The fourth-order valence-corrected chi connectivity index (χ4v) is 2.82. The van der Waals surface area contributed by atoms with Gasteiger partial charge in [-0.3, -0.25) is 4.79 Å². The van der Waals surface area contributed by atoms with Crippen LogP contribution in [-0.4, -0.2) is 16.1 Å². The second-order valence-corrected chi connectivity index (χ2v) is 6.47. The summed E-state index contributed by atoms with van der Waals surface area (Å²) in [5.41, 5.74) is -0.365. The summed E-state index contributed by atoms with van der Waals surface area (Å²) in [5, 5.41) is 9.07. The second-order valence-electron chi connectivity index (χ2n) is 6.47. The highest BCUT2D eigenvalue weighted by molar-refractivity contribution is 5.74. The maximum Gasteiger partial charge on any atom is 0.416 e. The molecule has 9 heteroatoms. The van der Waals surface area contributed by atoms with Crippen LogP contribution >= 0.6 is 0 Å². The van der Waals surface area contributed by atoms with Gasteiger partial charge in [0.15, 0.2) is 0 Å². The third-order valence-electron chi connectivity index (χ3n) is 4.26. The molecule has 1 heterocycles. The molecule has 0 unspecified atom stereocenters. The Morgan fingerprint density at radius 1 is 0.733 bits per heavy atom. The highest BCUT2D eigenvalue weighted by Gasteiger charge is 2.31. The van der Waals surface area contributed by atoms with Crippen LogP contribution in [0.5, 0.6) is 0 Å². The van der Waals surface area contributed by atoms with Crippen LogP contribution in [0.15, 0.2) is 60.7 Å². The monoisotopic (exact) mass is 425 g/mol. The number of hydrogen-bond donors (Lipinski definition) is 1. The average molecular weight is 425 g/mol. The molecule has 1 aromatic heterocycles. The van der Waals surface area contributed by atoms with Gasteiger partial charge < -0.3 is 5.11 Å². The third-order valence-corrected chi connectivity index (χ3v) is 4.26. The van der Waals surface area contributed by atoms with Crippen molar-refractivity contribution >= 4 is 5.97 Å². The van der Waals surface area contributed by atoms with Gasteiger partial charge in [0.1, 0.15) is 0 Å². The first-order valence-electron chi connectivity index (χ1n) is 8.51.